The first kappa shape index (κ1) is 19.5. The van der Waals surface area contributed by atoms with Crippen molar-refractivity contribution in [2.24, 2.45) is 0 Å². The number of phenols is 1. The van der Waals surface area contributed by atoms with E-state index in [2.05, 4.69) is 9.46 Å². The molecule has 1 unspecified atom stereocenters. The monoisotopic (exact) mass is 319 g/mol. The van der Waals surface area contributed by atoms with Gasteiger partial charge in [-0.25, -0.2) is 13.3 Å². The van der Waals surface area contributed by atoms with E-state index in [0.717, 1.165) is 0 Å². The third-order valence-corrected chi connectivity index (χ3v) is 3.80. The number of carbonyl (C=O) groups excluding carboxylic acids is 1. The number of ether oxygens (including phenoxy) is 1. The van der Waals surface area contributed by atoms with Crippen molar-refractivity contribution in [3.8, 4) is 5.75 Å². The molecule has 0 aromatic heterocycles. The Balaban J connectivity index is 0.000000690. The van der Waals surface area contributed by atoms with Gasteiger partial charge in [0.1, 0.15) is 11.6 Å². The summed E-state index contributed by atoms with van der Waals surface area (Å²) in [5, 5.41) is 9.45. The number of hydrogen-bond donors (Lipinski definition) is 2. The van der Waals surface area contributed by atoms with Gasteiger partial charge in [0.2, 0.25) is 0 Å². The van der Waals surface area contributed by atoms with Gasteiger partial charge < -0.3 is 9.84 Å². The van der Waals surface area contributed by atoms with Crippen molar-refractivity contribution in [1.82, 2.24) is 4.72 Å². The average molecular weight is 319 g/mol. The first-order valence-electron chi connectivity index (χ1n) is 6.25. The molecule has 1 aromatic rings. The van der Waals surface area contributed by atoms with Gasteiger partial charge >= 0.3 is 5.97 Å². The Labute approximate surface area is 127 Å². The summed E-state index contributed by atoms with van der Waals surface area (Å²) in [6, 6.07) is 3.69. The number of benzene rings is 1. The van der Waals surface area contributed by atoms with Crippen molar-refractivity contribution in [2.75, 3.05) is 7.11 Å². The van der Waals surface area contributed by atoms with E-state index in [1.807, 2.05) is 20.8 Å². The zero-order chi connectivity index (χ0) is 16.6. The molecule has 7 heteroatoms. The Morgan fingerprint density at radius 3 is 2.38 bits per heavy atom. The summed E-state index contributed by atoms with van der Waals surface area (Å²) in [4.78, 5) is 9.59. The Kier molecular flexibility index (Phi) is 8.12. The molecule has 0 aliphatic rings. The van der Waals surface area contributed by atoms with E-state index >= 15 is 0 Å². The molecule has 0 aliphatic carbocycles. The molecule has 0 amide bonds. The quantitative estimate of drug-likeness (QED) is 0.838. The van der Waals surface area contributed by atoms with E-state index in [0.29, 0.717) is 5.56 Å². The average Bonchev–Trinajstić information content (AvgIpc) is 2.39. The first-order chi connectivity index (χ1) is 9.57. The van der Waals surface area contributed by atoms with Gasteiger partial charge in [0.25, 0.3) is 0 Å². The zero-order valence-corrected chi connectivity index (χ0v) is 13.7. The Morgan fingerprint density at radius 1 is 1.43 bits per heavy atom. The van der Waals surface area contributed by atoms with E-state index in [9.17, 15) is 18.5 Å². The number of methoxy groups -OCH3 is 1. The van der Waals surface area contributed by atoms with Crippen LogP contribution in [0.5, 0.6) is 5.75 Å². The van der Waals surface area contributed by atoms with Crippen LogP contribution in [0.3, 0.4) is 0 Å². The lowest BCUT2D eigenvalue weighted by atomic mass is 10.2. The highest BCUT2D eigenvalue weighted by molar-refractivity contribution is 7.84. The van der Waals surface area contributed by atoms with Gasteiger partial charge in [0, 0.05) is 19.0 Å². The fourth-order valence-electron chi connectivity index (χ4n) is 1.06. The van der Waals surface area contributed by atoms with Crippen LogP contribution in [0.25, 0.3) is 0 Å². The molecule has 0 bridgehead atoms. The van der Waals surface area contributed by atoms with Crippen LogP contribution in [-0.4, -0.2) is 27.1 Å². The number of phenolic OH excluding ortho intramolecular Hbond substituents is 1. The molecule has 1 aromatic carbocycles. The number of aromatic hydroxyl groups is 1. The summed E-state index contributed by atoms with van der Waals surface area (Å²) in [6.07, 6.45) is 0. The van der Waals surface area contributed by atoms with E-state index in [-0.39, 0.29) is 23.0 Å². The number of halogens is 1. The standard InChI is InChI=1S/C11H16FNO2S.C3H6O2/c1-11(2,3)16(15)13-7-8-6-9(12)4-5-10(8)14;1-3(4)5-2/h4-6,13-14H,7H2,1-3H3;1-2H3. The van der Waals surface area contributed by atoms with Crippen LogP contribution in [0.15, 0.2) is 18.2 Å². The van der Waals surface area contributed by atoms with Crippen molar-refractivity contribution >= 4 is 17.0 Å². The van der Waals surface area contributed by atoms with Gasteiger partial charge in [-0.3, -0.25) is 4.79 Å². The second-order valence-electron chi connectivity index (χ2n) is 5.17. The summed E-state index contributed by atoms with van der Waals surface area (Å²) in [5.74, 6) is -0.666. The van der Waals surface area contributed by atoms with Gasteiger partial charge in [0.15, 0.2) is 0 Å². The molecule has 0 radical (unpaired) electrons. The van der Waals surface area contributed by atoms with E-state index < -0.39 is 16.8 Å². The minimum atomic E-state index is -1.24. The van der Waals surface area contributed by atoms with E-state index in [4.69, 9.17) is 0 Å². The maximum atomic E-state index is 12.9. The predicted molar refractivity (Wildman–Crippen MR) is 80.5 cm³/mol. The maximum Gasteiger partial charge on any atom is 0.302 e. The molecular weight excluding hydrogens is 297 g/mol. The highest BCUT2D eigenvalue weighted by Crippen LogP contribution is 2.18. The van der Waals surface area contributed by atoms with Gasteiger partial charge in [0.05, 0.1) is 22.8 Å². The zero-order valence-electron chi connectivity index (χ0n) is 12.9. The molecule has 1 rings (SSSR count). The highest BCUT2D eigenvalue weighted by Gasteiger charge is 2.19. The summed E-state index contributed by atoms with van der Waals surface area (Å²) in [5.41, 5.74) is 0.401. The van der Waals surface area contributed by atoms with Gasteiger partial charge in [-0.2, -0.15) is 0 Å². The van der Waals surface area contributed by atoms with Crippen LogP contribution < -0.4 is 4.72 Å². The molecule has 0 aliphatic heterocycles. The molecule has 0 fully saturated rings. The van der Waals surface area contributed by atoms with E-state index in [1.165, 1.54) is 32.2 Å². The maximum absolute atomic E-state index is 12.9. The minimum absolute atomic E-state index is 0.000177. The summed E-state index contributed by atoms with van der Waals surface area (Å²) in [7, 11) is 0.113. The number of esters is 1. The van der Waals surface area contributed by atoms with Crippen LogP contribution >= 0.6 is 0 Å². The number of rotatable bonds is 3. The fraction of sp³-hybridized carbons (Fsp3) is 0.500. The molecule has 1 atom stereocenters. The van der Waals surface area contributed by atoms with Gasteiger partial charge in [-0.1, -0.05) is 0 Å². The van der Waals surface area contributed by atoms with E-state index in [1.54, 1.807) is 0 Å². The number of nitrogens with one attached hydrogen (secondary N) is 1. The smallest absolute Gasteiger partial charge is 0.302 e. The second kappa shape index (κ2) is 8.74. The summed E-state index contributed by atoms with van der Waals surface area (Å²) < 4.78 is 31.0. The molecule has 0 saturated heterocycles. The van der Waals surface area contributed by atoms with Crippen LogP contribution in [0.1, 0.15) is 33.3 Å². The van der Waals surface area contributed by atoms with Gasteiger partial charge in [-0.05, 0) is 39.0 Å². The molecule has 0 spiro atoms. The molecule has 2 N–H and O–H groups in total. The lowest BCUT2D eigenvalue weighted by Crippen LogP contribution is -2.32. The Morgan fingerprint density at radius 2 is 1.95 bits per heavy atom. The van der Waals surface area contributed by atoms with Crippen molar-refractivity contribution in [3.63, 3.8) is 0 Å². The van der Waals surface area contributed by atoms with Crippen LogP contribution in [-0.2, 0) is 27.1 Å². The third kappa shape index (κ3) is 8.41. The third-order valence-electron chi connectivity index (χ3n) is 2.28. The number of hydrogen-bond acceptors (Lipinski definition) is 4. The normalized spacial score (nSPS) is 12.1. The van der Waals surface area contributed by atoms with Crippen LogP contribution in [0.4, 0.5) is 4.39 Å². The predicted octanol–water partition coefficient (Wildman–Crippen LogP) is 2.26. The molecule has 120 valence electrons. The Hall–Kier alpha value is -1.47. The largest absolute Gasteiger partial charge is 0.508 e. The van der Waals surface area contributed by atoms with Gasteiger partial charge in [-0.15, -0.1) is 0 Å². The topological polar surface area (TPSA) is 75.6 Å². The molecule has 5 nitrogen and oxygen atoms in total. The molecule has 21 heavy (non-hydrogen) atoms. The van der Waals surface area contributed by atoms with Crippen molar-refractivity contribution < 1.29 is 23.2 Å². The minimum Gasteiger partial charge on any atom is -0.508 e. The molecular formula is C14H22FNO4S. The summed E-state index contributed by atoms with van der Waals surface area (Å²) in [6.45, 7) is 7.04. The van der Waals surface area contributed by atoms with Crippen molar-refractivity contribution in [3.05, 3.63) is 29.6 Å². The highest BCUT2D eigenvalue weighted by atomic mass is 32.2. The lowest BCUT2D eigenvalue weighted by molar-refractivity contribution is -0.137. The molecule has 0 saturated carbocycles. The second-order valence-corrected chi connectivity index (χ2v) is 7.22. The van der Waals surface area contributed by atoms with Crippen LogP contribution in [0, 0.1) is 5.82 Å². The van der Waals surface area contributed by atoms with Crippen molar-refractivity contribution in [1.29, 1.82) is 0 Å². The van der Waals surface area contributed by atoms with Crippen molar-refractivity contribution in [2.45, 2.75) is 39.0 Å². The lowest BCUT2D eigenvalue weighted by Gasteiger charge is -2.18. The molecule has 0 heterocycles. The fourth-order valence-corrected chi connectivity index (χ4v) is 1.78. The first-order valence-corrected chi connectivity index (χ1v) is 7.40. The SMILES string of the molecule is CC(C)(C)S(=O)NCc1cc(F)ccc1O.COC(C)=O. The Bertz CT molecular complexity index is 500. The summed E-state index contributed by atoms with van der Waals surface area (Å²) >= 11 is 0. The number of carbonyl (C=O) groups is 1. The van der Waals surface area contributed by atoms with Crippen LogP contribution in [0.2, 0.25) is 0 Å².